The minimum Gasteiger partial charge on any atom is -0.481 e. The third kappa shape index (κ3) is 5.76. The summed E-state index contributed by atoms with van der Waals surface area (Å²) in [4.78, 5) is 22.5. The monoisotopic (exact) mass is 301 g/mol. The summed E-state index contributed by atoms with van der Waals surface area (Å²) in [5.74, 6) is -2.96. The molecule has 0 radical (unpaired) electrons. The van der Waals surface area contributed by atoms with E-state index in [0.717, 1.165) is 12.1 Å². The van der Waals surface area contributed by atoms with Gasteiger partial charge in [-0.3, -0.25) is 4.79 Å². The van der Waals surface area contributed by atoms with Crippen LogP contribution in [0.25, 0.3) is 0 Å². The van der Waals surface area contributed by atoms with Crippen molar-refractivity contribution in [2.45, 2.75) is 38.8 Å². The van der Waals surface area contributed by atoms with Crippen molar-refractivity contribution in [3.8, 4) is 0 Å². The number of aliphatic carboxylic acids is 1. The van der Waals surface area contributed by atoms with E-state index in [4.69, 9.17) is 9.84 Å². The molecule has 7 heteroatoms. The zero-order chi connectivity index (χ0) is 16.2. The van der Waals surface area contributed by atoms with Gasteiger partial charge in [-0.15, -0.1) is 0 Å². The van der Waals surface area contributed by atoms with Crippen molar-refractivity contribution in [3.05, 3.63) is 35.4 Å². The van der Waals surface area contributed by atoms with Gasteiger partial charge in [0, 0.05) is 11.6 Å². The van der Waals surface area contributed by atoms with E-state index >= 15 is 0 Å². The standard InChI is InChI=1S/C14H17F2NO4/c1-14(2,3)21-13(20)17-11(7-12(18)19)9-5-4-8(15)6-10(9)16/h4-6,11H,7H2,1-3H3,(H,17,20)(H,18,19)/t11-/m0/s1. The van der Waals surface area contributed by atoms with E-state index in [1.54, 1.807) is 20.8 Å². The highest BCUT2D eigenvalue weighted by Crippen LogP contribution is 2.22. The molecule has 1 aromatic carbocycles. The Morgan fingerprint density at radius 2 is 1.95 bits per heavy atom. The van der Waals surface area contributed by atoms with E-state index in [9.17, 15) is 18.4 Å². The second kappa shape index (κ2) is 6.51. The molecule has 1 aromatic rings. The molecule has 0 spiro atoms. The molecule has 0 saturated heterocycles. The van der Waals surface area contributed by atoms with Crippen LogP contribution in [-0.4, -0.2) is 22.8 Å². The Kier molecular flexibility index (Phi) is 5.23. The molecule has 0 fully saturated rings. The average molecular weight is 301 g/mol. The highest BCUT2D eigenvalue weighted by Gasteiger charge is 2.24. The van der Waals surface area contributed by atoms with Crippen LogP contribution < -0.4 is 5.32 Å². The van der Waals surface area contributed by atoms with Crippen molar-refractivity contribution in [3.63, 3.8) is 0 Å². The zero-order valence-corrected chi connectivity index (χ0v) is 11.9. The van der Waals surface area contributed by atoms with Gasteiger partial charge in [-0.1, -0.05) is 6.07 Å². The molecule has 0 aliphatic rings. The van der Waals surface area contributed by atoms with E-state index in [1.165, 1.54) is 0 Å². The van der Waals surface area contributed by atoms with Crippen LogP contribution in [0, 0.1) is 11.6 Å². The maximum Gasteiger partial charge on any atom is 0.408 e. The highest BCUT2D eigenvalue weighted by atomic mass is 19.1. The fraction of sp³-hybridized carbons (Fsp3) is 0.429. The number of hydrogen-bond donors (Lipinski definition) is 2. The first-order chi connectivity index (χ1) is 9.58. The third-order valence-corrected chi connectivity index (χ3v) is 2.41. The molecule has 116 valence electrons. The van der Waals surface area contributed by atoms with Crippen LogP contribution >= 0.6 is 0 Å². The van der Waals surface area contributed by atoms with Gasteiger partial charge in [-0.25, -0.2) is 13.6 Å². The summed E-state index contributed by atoms with van der Waals surface area (Å²) in [6.07, 6.45) is -1.43. The number of carboxylic acid groups (broad SMARTS) is 1. The summed E-state index contributed by atoms with van der Waals surface area (Å²) in [5, 5.41) is 11.1. The quantitative estimate of drug-likeness (QED) is 0.896. The number of halogens is 2. The summed E-state index contributed by atoms with van der Waals surface area (Å²) in [7, 11) is 0. The Balaban J connectivity index is 2.95. The number of alkyl carbamates (subject to hydrolysis) is 1. The predicted octanol–water partition coefficient (Wildman–Crippen LogP) is 3.01. The molecule has 1 rings (SSSR count). The topological polar surface area (TPSA) is 75.6 Å². The smallest absolute Gasteiger partial charge is 0.408 e. The van der Waals surface area contributed by atoms with Crippen LogP contribution in [0.4, 0.5) is 13.6 Å². The van der Waals surface area contributed by atoms with Gasteiger partial charge in [0.1, 0.15) is 17.2 Å². The van der Waals surface area contributed by atoms with Gasteiger partial charge >= 0.3 is 12.1 Å². The van der Waals surface area contributed by atoms with Crippen LogP contribution in [0.3, 0.4) is 0 Å². The number of hydrogen-bond acceptors (Lipinski definition) is 3. The SMILES string of the molecule is CC(C)(C)OC(=O)N[C@@H](CC(=O)O)c1ccc(F)cc1F. The molecule has 5 nitrogen and oxygen atoms in total. The Labute approximate surface area is 120 Å². The maximum absolute atomic E-state index is 13.7. The lowest BCUT2D eigenvalue weighted by molar-refractivity contribution is -0.137. The first kappa shape index (κ1) is 16.9. The molecule has 21 heavy (non-hydrogen) atoms. The molecule has 0 heterocycles. The lowest BCUT2D eigenvalue weighted by Crippen LogP contribution is -2.36. The van der Waals surface area contributed by atoms with Crippen LogP contribution in [0.5, 0.6) is 0 Å². The van der Waals surface area contributed by atoms with Gasteiger partial charge in [0.05, 0.1) is 12.5 Å². The van der Waals surface area contributed by atoms with Gasteiger partial charge in [-0.05, 0) is 26.8 Å². The predicted molar refractivity (Wildman–Crippen MR) is 70.7 cm³/mol. The van der Waals surface area contributed by atoms with E-state index in [-0.39, 0.29) is 5.56 Å². The van der Waals surface area contributed by atoms with E-state index in [2.05, 4.69) is 5.32 Å². The number of carboxylic acids is 1. The minimum atomic E-state index is -1.24. The lowest BCUT2D eigenvalue weighted by Gasteiger charge is -2.23. The summed E-state index contributed by atoms with van der Waals surface area (Å²) in [5.41, 5.74) is -0.899. The van der Waals surface area contributed by atoms with E-state index in [0.29, 0.717) is 6.07 Å². The largest absolute Gasteiger partial charge is 0.481 e. The molecule has 0 saturated carbocycles. The van der Waals surface area contributed by atoms with Crippen LogP contribution in [-0.2, 0) is 9.53 Å². The van der Waals surface area contributed by atoms with Gasteiger partial charge in [-0.2, -0.15) is 0 Å². The molecule has 1 amide bonds. The van der Waals surface area contributed by atoms with Crippen LogP contribution in [0.2, 0.25) is 0 Å². The Morgan fingerprint density at radius 1 is 1.33 bits per heavy atom. The molecule has 0 aliphatic carbocycles. The van der Waals surface area contributed by atoms with Crippen molar-refractivity contribution in [2.24, 2.45) is 0 Å². The number of amides is 1. The number of nitrogens with one attached hydrogen (secondary N) is 1. The molecule has 1 atom stereocenters. The Hall–Kier alpha value is -2.18. The van der Waals surface area contributed by atoms with Crippen molar-refractivity contribution < 1.29 is 28.2 Å². The van der Waals surface area contributed by atoms with Gasteiger partial charge < -0.3 is 15.2 Å². The van der Waals surface area contributed by atoms with Crippen molar-refractivity contribution in [1.82, 2.24) is 5.32 Å². The van der Waals surface area contributed by atoms with Crippen LogP contribution in [0.1, 0.15) is 38.8 Å². The van der Waals surface area contributed by atoms with E-state index < -0.39 is 41.8 Å². The Morgan fingerprint density at radius 3 is 2.43 bits per heavy atom. The van der Waals surface area contributed by atoms with Gasteiger partial charge in [0.15, 0.2) is 0 Å². The zero-order valence-electron chi connectivity index (χ0n) is 11.9. The molecule has 0 aromatic heterocycles. The van der Waals surface area contributed by atoms with Crippen LogP contribution in [0.15, 0.2) is 18.2 Å². The highest BCUT2D eigenvalue weighted by molar-refractivity contribution is 5.72. The van der Waals surface area contributed by atoms with E-state index in [1.807, 2.05) is 0 Å². The van der Waals surface area contributed by atoms with Gasteiger partial charge in [0.25, 0.3) is 0 Å². The fourth-order valence-electron chi connectivity index (χ4n) is 1.65. The number of rotatable bonds is 4. The average Bonchev–Trinajstić information content (AvgIpc) is 2.24. The number of ether oxygens (including phenoxy) is 1. The first-order valence-corrected chi connectivity index (χ1v) is 6.25. The fourth-order valence-corrected chi connectivity index (χ4v) is 1.65. The third-order valence-electron chi connectivity index (χ3n) is 2.41. The summed E-state index contributed by atoms with van der Waals surface area (Å²) in [6.45, 7) is 4.91. The number of carbonyl (C=O) groups excluding carboxylic acids is 1. The normalized spacial score (nSPS) is 12.6. The second-order valence-corrected chi connectivity index (χ2v) is 5.46. The molecular weight excluding hydrogens is 284 g/mol. The lowest BCUT2D eigenvalue weighted by atomic mass is 10.0. The molecule has 0 unspecified atom stereocenters. The minimum absolute atomic E-state index is 0.121. The first-order valence-electron chi connectivity index (χ1n) is 6.25. The number of benzene rings is 1. The Bertz CT molecular complexity index is 540. The molecule has 0 bridgehead atoms. The van der Waals surface area contributed by atoms with Crippen molar-refractivity contribution in [1.29, 1.82) is 0 Å². The van der Waals surface area contributed by atoms with Crippen molar-refractivity contribution >= 4 is 12.1 Å². The van der Waals surface area contributed by atoms with Gasteiger partial charge in [0.2, 0.25) is 0 Å². The number of carbonyl (C=O) groups is 2. The second-order valence-electron chi connectivity index (χ2n) is 5.46. The molecule has 2 N–H and O–H groups in total. The summed E-state index contributed by atoms with van der Waals surface area (Å²) < 4.78 is 31.6. The maximum atomic E-state index is 13.7. The van der Waals surface area contributed by atoms with Crippen molar-refractivity contribution in [2.75, 3.05) is 0 Å². The summed E-state index contributed by atoms with van der Waals surface area (Å²) in [6, 6.07) is 1.55. The molecule has 0 aliphatic heterocycles. The molecular formula is C14H17F2NO4. The summed E-state index contributed by atoms with van der Waals surface area (Å²) >= 11 is 0.